The summed E-state index contributed by atoms with van der Waals surface area (Å²) in [6, 6.07) is 12.6. The van der Waals surface area contributed by atoms with Crippen molar-refractivity contribution in [1.29, 1.82) is 0 Å². The first-order valence-electron chi connectivity index (χ1n) is 9.60. The summed E-state index contributed by atoms with van der Waals surface area (Å²) in [5.74, 6) is 1.89. The molecule has 7 nitrogen and oxygen atoms in total. The predicted molar refractivity (Wildman–Crippen MR) is 110 cm³/mol. The van der Waals surface area contributed by atoms with Crippen LogP contribution < -0.4 is 25.1 Å². The number of carbonyl (C=O) groups is 1. The highest BCUT2D eigenvalue weighted by molar-refractivity contribution is 5.91. The van der Waals surface area contributed by atoms with E-state index in [4.69, 9.17) is 14.2 Å². The van der Waals surface area contributed by atoms with Crippen LogP contribution in [0, 0.1) is 0 Å². The highest BCUT2D eigenvalue weighted by atomic mass is 16.6. The number of nitrogens with one attached hydrogen (secondary N) is 2. The van der Waals surface area contributed by atoms with Gasteiger partial charge in [0.05, 0.1) is 12.1 Å². The Morgan fingerprint density at radius 2 is 1.83 bits per heavy atom. The van der Waals surface area contributed by atoms with Gasteiger partial charge in [-0.25, -0.2) is 0 Å². The lowest BCUT2D eigenvalue weighted by atomic mass is 10.1. The van der Waals surface area contributed by atoms with Crippen molar-refractivity contribution in [3.63, 3.8) is 0 Å². The summed E-state index contributed by atoms with van der Waals surface area (Å²) >= 11 is 0. The molecule has 0 saturated carbocycles. The van der Waals surface area contributed by atoms with Gasteiger partial charge in [0.1, 0.15) is 19.0 Å². The second kappa shape index (κ2) is 8.26. The number of hydrogen-bond donors (Lipinski definition) is 2. The van der Waals surface area contributed by atoms with Crippen molar-refractivity contribution < 1.29 is 19.0 Å². The topological polar surface area (TPSA) is 89.7 Å². The first-order chi connectivity index (χ1) is 14.1. The van der Waals surface area contributed by atoms with Crippen LogP contribution >= 0.6 is 0 Å². The molecule has 2 N–H and O–H groups in total. The number of hydrogen-bond acceptors (Lipinski definition) is 5. The number of aromatic amines is 1. The van der Waals surface area contributed by atoms with Crippen LogP contribution in [0.1, 0.15) is 18.9 Å². The van der Waals surface area contributed by atoms with Crippen LogP contribution in [0.5, 0.6) is 17.2 Å². The van der Waals surface area contributed by atoms with Crippen LogP contribution in [0.25, 0.3) is 10.9 Å². The molecule has 2 aromatic carbocycles. The quantitative estimate of drug-likeness (QED) is 0.670. The minimum Gasteiger partial charge on any atom is -0.494 e. The summed E-state index contributed by atoms with van der Waals surface area (Å²) in [4.78, 5) is 27.5. The summed E-state index contributed by atoms with van der Waals surface area (Å²) in [5.41, 5.74) is 1.72. The molecule has 7 heteroatoms. The van der Waals surface area contributed by atoms with E-state index in [2.05, 4.69) is 10.3 Å². The maximum Gasteiger partial charge on any atom is 0.251 e. The van der Waals surface area contributed by atoms with Crippen molar-refractivity contribution in [2.45, 2.75) is 19.8 Å². The lowest BCUT2D eigenvalue weighted by Gasteiger charge is -2.18. The van der Waals surface area contributed by atoms with Gasteiger partial charge in [-0.3, -0.25) is 9.59 Å². The molecular weight excluding hydrogens is 372 g/mol. The standard InChI is InChI=1S/C22H22N2O5/c1-2-27-17-6-4-16(5-7-17)23-21(25)8-3-14-11-15-12-19-20(29-10-9-28-19)13-18(15)24-22(14)26/h4-7,11-13H,2-3,8-10H2,1H3,(H,23,25)(H,24,26). The maximum atomic E-state index is 12.4. The van der Waals surface area contributed by atoms with Crippen molar-refractivity contribution in [2.75, 3.05) is 25.1 Å². The number of H-pyrrole nitrogens is 1. The lowest BCUT2D eigenvalue weighted by Crippen LogP contribution is -2.18. The summed E-state index contributed by atoms with van der Waals surface area (Å²) in [5, 5.41) is 3.68. The smallest absolute Gasteiger partial charge is 0.251 e. The van der Waals surface area contributed by atoms with E-state index in [1.807, 2.05) is 13.0 Å². The molecule has 0 bridgehead atoms. The van der Waals surface area contributed by atoms with Crippen LogP contribution in [0.4, 0.5) is 5.69 Å². The fourth-order valence-electron chi connectivity index (χ4n) is 3.25. The Morgan fingerprint density at radius 3 is 2.55 bits per heavy atom. The van der Waals surface area contributed by atoms with Crippen molar-refractivity contribution in [2.24, 2.45) is 0 Å². The van der Waals surface area contributed by atoms with Gasteiger partial charge in [-0.05, 0) is 49.7 Å². The fourth-order valence-corrected chi connectivity index (χ4v) is 3.25. The monoisotopic (exact) mass is 394 g/mol. The van der Waals surface area contributed by atoms with Gasteiger partial charge in [0, 0.05) is 29.1 Å². The second-order valence-corrected chi connectivity index (χ2v) is 6.71. The Labute approximate surface area is 167 Å². The van der Waals surface area contributed by atoms with Gasteiger partial charge < -0.3 is 24.5 Å². The Bertz CT molecular complexity index is 1090. The number of fused-ring (bicyclic) bond motifs is 2. The molecule has 0 aliphatic carbocycles. The van der Waals surface area contributed by atoms with E-state index in [1.165, 1.54) is 0 Å². The van der Waals surface area contributed by atoms with Crippen molar-refractivity contribution in [3.05, 3.63) is 58.4 Å². The normalized spacial score (nSPS) is 12.6. The average Bonchev–Trinajstić information content (AvgIpc) is 2.72. The third-order valence-electron chi connectivity index (χ3n) is 4.65. The zero-order valence-electron chi connectivity index (χ0n) is 16.1. The first kappa shape index (κ1) is 18.9. The number of aromatic nitrogens is 1. The molecule has 1 aromatic heterocycles. The molecule has 3 aromatic rings. The Balaban J connectivity index is 1.44. The van der Waals surface area contributed by atoms with Crippen molar-refractivity contribution >= 4 is 22.5 Å². The molecule has 1 aliphatic rings. The van der Waals surface area contributed by atoms with Gasteiger partial charge in [-0.1, -0.05) is 0 Å². The van der Waals surface area contributed by atoms with Crippen LogP contribution in [-0.2, 0) is 11.2 Å². The molecule has 1 amide bonds. The number of carbonyl (C=O) groups excluding carboxylic acids is 1. The molecule has 0 atom stereocenters. The summed E-state index contributed by atoms with van der Waals surface area (Å²) in [6.07, 6.45) is 0.537. The first-order valence-corrected chi connectivity index (χ1v) is 9.60. The zero-order chi connectivity index (χ0) is 20.2. The third kappa shape index (κ3) is 4.34. The van der Waals surface area contributed by atoms with E-state index in [-0.39, 0.29) is 17.9 Å². The molecule has 29 heavy (non-hydrogen) atoms. The van der Waals surface area contributed by atoms with Crippen LogP contribution in [0.3, 0.4) is 0 Å². The number of amides is 1. The number of ether oxygens (including phenoxy) is 3. The minimum atomic E-state index is -0.206. The SMILES string of the molecule is CCOc1ccc(NC(=O)CCc2cc3cc4c(cc3[nH]c2=O)OCCO4)cc1. The van der Waals surface area contributed by atoms with E-state index in [0.717, 1.165) is 11.1 Å². The number of anilines is 1. The Morgan fingerprint density at radius 1 is 1.10 bits per heavy atom. The average molecular weight is 394 g/mol. The van der Waals surface area contributed by atoms with Crippen LogP contribution in [-0.4, -0.2) is 30.7 Å². The highest BCUT2D eigenvalue weighted by Gasteiger charge is 2.14. The molecule has 150 valence electrons. The van der Waals surface area contributed by atoms with Crippen molar-refractivity contribution in [3.8, 4) is 17.2 Å². The highest BCUT2D eigenvalue weighted by Crippen LogP contribution is 2.33. The molecule has 0 radical (unpaired) electrons. The fraction of sp³-hybridized carbons (Fsp3) is 0.273. The Hall–Kier alpha value is -3.48. The van der Waals surface area contributed by atoms with Gasteiger partial charge in [-0.2, -0.15) is 0 Å². The molecule has 0 fully saturated rings. The second-order valence-electron chi connectivity index (χ2n) is 6.71. The summed E-state index contributed by atoms with van der Waals surface area (Å²) in [6.45, 7) is 3.50. The van der Waals surface area contributed by atoms with E-state index in [0.29, 0.717) is 54.5 Å². The lowest BCUT2D eigenvalue weighted by molar-refractivity contribution is -0.116. The van der Waals surface area contributed by atoms with E-state index < -0.39 is 0 Å². The molecular formula is C22H22N2O5. The van der Waals surface area contributed by atoms with E-state index in [1.54, 1.807) is 36.4 Å². The predicted octanol–water partition coefficient (Wildman–Crippen LogP) is 3.27. The largest absolute Gasteiger partial charge is 0.494 e. The van der Waals surface area contributed by atoms with Crippen LogP contribution in [0.2, 0.25) is 0 Å². The molecule has 0 unspecified atom stereocenters. The minimum absolute atomic E-state index is 0.157. The summed E-state index contributed by atoms with van der Waals surface area (Å²) in [7, 11) is 0. The molecule has 0 saturated heterocycles. The van der Waals surface area contributed by atoms with Crippen LogP contribution in [0.15, 0.2) is 47.3 Å². The number of aryl methyl sites for hydroxylation is 1. The van der Waals surface area contributed by atoms with Gasteiger partial charge >= 0.3 is 0 Å². The molecule has 4 rings (SSSR count). The van der Waals surface area contributed by atoms with Gasteiger partial charge in [0.15, 0.2) is 11.5 Å². The zero-order valence-corrected chi connectivity index (χ0v) is 16.1. The van der Waals surface area contributed by atoms with E-state index in [9.17, 15) is 9.59 Å². The number of rotatable bonds is 6. The Kier molecular flexibility index (Phi) is 5.37. The molecule has 1 aliphatic heterocycles. The maximum absolute atomic E-state index is 12.4. The molecule has 2 heterocycles. The number of benzene rings is 2. The third-order valence-corrected chi connectivity index (χ3v) is 4.65. The van der Waals surface area contributed by atoms with Crippen molar-refractivity contribution in [1.82, 2.24) is 4.98 Å². The van der Waals surface area contributed by atoms with Gasteiger partial charge in [0.25, 0.3) is 5.56 Å². The van der Waals surface area contributed by atoms with Gasteiger partial charge in [0.2, 0.25) is 5.91 Å². The summed E-state index contributed by atoms with van der Waals surface area (Å²) < 4.78 is 16.5. The van der Waals surface area contributed by atoms with E-state index >= 15 is 0 Å². The van der Waals surface area contributed by atoms with Gasteiger partial charge in [-0.15, -0.1) is 0 Å². The molecule has 0 spiro atoms. The number of pyridine rings is 1.